The van der Waals surface area contributed by atoms with Crippen molar-refractivity contribution in [3.05, 3.63) is 25.6 Å². The third kappa shape index (κ3) is 1.76. The number of hydrogen-bond donors (Lipinski definition) is 0. The molecule has 2 nitrogen and oxygen atoms in total. The van der Waals surface area contributed by atoms with E-state index in [-0.39, 0.29) is 0 Å². The van der Waals surface area contributed by atoms with E-state index in [1.165, 1.54) is 0 Å². The standard InChI is InChI=1S/C9H16N2/c1-4-10-6-7-11(5-2)9(3)8-10/h4-5,9H,1-2,6-8H2,3H3. The minimum absolute atomic E-state index is 0.569. The first-order chi connectivity index (χ1) is 5.27. The van der Waals surface area contributed by atoms with E-state index in [4.69, 9.17) is 0 Å². The van der Waals surface area contributed by atoms with Gasteiger partial charge in [0, 0.05) is 25.7 Å². The molecule has 1 atom stereocenters. The van der Waals surface area contributed by atoms with Crippen LogP contribution in [-0.2, 0) is 0 Å². The van der Waals surface area contributed by atoms with E-state index < -0.39 is 0 Å². The lowest BCUT2D eigenvalue weighted by atomic mass is 10.2. The van der Waals surface area contributed by atoms with Crippen molar-refractivity contribution in [2.75, 3.05) is 19.6 Å². The van der Waals surface area contributed by atoms with Crippen LogP contribution in [0.4, 0.5) is 0 Å². The van der Waals surface area contributed by atoms with E-state index in [1.54, 1.807) is 0 Å². The second kappa shape index (κ2) is 3.46. The molecule has 1 saturated heterocycles. The van der Waals surface area contributed by atoms with Gasteiger partial charge in [0.1, 0.15) is 0 Å². The minimum Gasteiger partial charge on any atom is -0.374 e. The Morgan fingerprint density at radius 2 is 2.00 bits per heavy atom. The summed E-state index contributed by atoms with van der Waals surface area (Å²) in [6.07, 6.45) is 3.84. The van der Waals surface area contributed by atoms with Crippen LogP contribution < -0.4 is 0 Å². The van der Waals surface area contributed by atoms with Crippen molar-refractivity contribution in [1.29, 1.82) is 0 Å². The molecule has 0 N–H and O–H groups in total. The van der Waals surface area contributed by atoms with Gasteiger partial charge in [-0.2, -0.15) is 0 Å². The van der Waals surface area contributed by atoms with Gasteiger partial charge < -0.3 is 9.80 Å². The Morgan fingerprint density at radius 3 is 2.45 bits per heavy atom. The van der Waals surface area contributed by atoms with Crippen molar-refractivity contribution < 1.29 is 0 Å². The molecule has 11 heavy (non-hydrogen) atoms. The first-order valence-corrected chi connectivity index (χ1v) is 4.03. The number of hydrogen-bond acceptors (Lipinski definition) is 2. The van der Waals surface area contributed by atoms with Crippen LogP contribution in [0.15, 0.2) is 25.6 Å². The van der Waals surface area contributed by atoms with Crippen LogP contribution in [0.2, 0.25) is 0 Å². The van der Waals surface area contributed by atoms with Crippen LogP contribution in [0, 0.1) is 0 Å². The van der Waals surface area contributed by atoms with E-state index in [2.05, 4.69) is 29.9 Å². The van der Waals surface area contributed by atoms with Crippen molar-refractivity contribution in [3.63, 3.8) is 0 Å². The van der Waals surface area contributed by atoms with Gasteiger partial charge in [0.05, 0.1) is 0 Å². The molecule has 0 bridgehead atoms. The van der Waals surface area contributed by atoms with E-state index in [9.17, 15) is 0 Å². The van der Waals surface area contributed by atoms with Crippen molar-refractivity contribution in [3.8, 4) is 0 Å². The van der Waals surface area contributed by atoms with Crippen LogP contribution in [0.1, 0.15) is 6.92 Å². The number of rotatable bonds is 2. The molecule has 0 aromatic heterocycles. The summed E-state index contributed by atoms with van der Waals surface area (Å²) < 4.78 is 0. The highest BCUT2D eigenvalue weighted by atomic mass is 15.3. The van der Waals surface area contributed by atoms with Gasteiger partial charge in [-0.15, -0.1) is 0 Å². The molecular weight excluding hydrogens is 136 g/mol. The third-order valence-corrected chi connectivity index (χ3v) is 2.20. The van der Waals surface area contributed by atoms with E-state index in [0.29, 0.717) is 6.04 Å². The summed E-state index contributed by atoms with van der Waals surface area (Å²) in [6.45, 7) is 12.9. The zero-order chi connectivity index (χ0) is 8.27. The fraction of sp³-hybridized carbons (Fsp3) is 0.556. The highest BCUT2D eigenvalue weighted by Crippen LogP contribution is 2.08. The van der Waals surface area contributed by atoms with Gasteiger partial charge in [-0.25, -0.2) is 0 Å². The van der Waals surface area contributed by atoms with Gasteiger partial charge in [-0.05, 0) is 19.3 Å². The predicted molar refractivity (Wildman–Crippen MR) is 48.1 cm³/mol. The quantitative estimate of drug-likeness (QED) is 0.588. The molecule has 2 heteroatoms. The van der Waals surface area contributed by atoms with E-state index in [0.717, 1.165) is 19.6 Å². The van der Waals surface area contributed by atoms with Crippen LogP contribution >= 0.6 is 0 Å². The average Bonchev–Trinajstić information content (AvgIpc) is 2.04. The monoisotopic (exact) mass is 152 g/mol. The molecule has 0 aromatic rings. The summed E-state index contributed by atoms with van der Waals surface area (Å²) in [7, 11) is 0. The SMILES string of the molecule is C=CN1CCN(C=C)C(C)C1. The largest absolute Gasteiger partial charge is 0.374 e. The number of piperazine rings is 1. The lowest BCUT2D eigenvalue weighted by Gasteiger charge is -2.38. The number of nitrogens with zero attached hydrogens (tertiary/aromatic N) is 2. The highest BCUT2D eigenvalue weighted by molar-refractivity contribution is 4.87. The molecule has 1 unspecified atom stereocenters. The van der Waals surface area contributed by atoms with Gasteiger partial charge in [0.25, 0.3) is 0 Å². The maximum atomic E-state index is 3.77. The fourth-order valence-corrected chi connectivity index (χ4v) is 1.44. The van der Waals surface area contributed by atoms with Gasteiger partial charge in [-0.3, -0.25) is 0 Å². The molecule has 0 aromatic carbocycles. The molecule has 0 aliphatic carbocycles. The molecule has 0 amide bonds. The van der Waals surface area contributed by atoms with Crippen LogP contribution in [0.5, 0.6) is 0 Å². The molecule has 1 aliphatic rings. The minimum atomic E-state index is 0.569. The van der Waals surface area contributed by atoms with Crippen molar-refractivity contribution in [1.82, 2.24) is 9.80 Å². The van der Waals surface area contributed by atoms with Crippen molar-refractivity contribution in [2.24, 2.45) is 0 Å². The van der Waals surface area contributed by atoms with Crippen LogP contribution in [0.3, 0.4) is 0 Å². The second-order valence-electron chi connectivity index (χ2n) is 2.95. The predicted octanol–water partition coefficient (Wildman–Crippen LogP) is 1.28. The maximum Gasteiger partial charge on any atom is 0.0431 e. The summed E-state index contributed by atoms with van der Waals surface area (Å²) >= 11 is 0. The van der Waals surface area contributed by atoms with E-state index in [1.807, 2.05) is 12.4 Å². The smallest absolute Gasteiger partial charge is 0.0431 e. The second-order valence-corrected chi connectivity index (χ2v) is 2.95. The van der Waals surface area contributed by atoms with Crippen LogP contribution in [-0.4, -0.2) is 35.5 Å². The van der Waals surface area contributed by atoms with Gasteiger partial charge >= 0.3 is 0 Å². The molecule has 1 heterocycles. The molecule has 0 radical (unpaired) electrons. The van der Waals surface area contributed by atoms with Crippen LogP contribution in [0.25, 0.3) is 0 Å². The van der Waals surface area contributed by atoms with Crippen molar-refractivity contribution >= 4 is 0 Å². The topological polar surface area (TPSA) is 6.48 Å². The zero-order valence-electron chi connectivity index (χ0n) is 7.16. The van der Waals surface area contributed by atoms with Gasteiger partial charge in [0.2, 0.25) is 0 Å². The molecule has 62 valence electrons. The molecule has 1 fully saturated rings. The van der Waals surface area contributed by atoms with E-state index >= 15 is 0 Å². The summed E-state index contributed by atoms with van der Waals surface area (Å²) in [4.78, 5) is 4.50. The molecule has 0 spiro atoms. The third-order valence-electron chi connectivity index (χ3n) is 2.20. The highest BCUT2D eigenvalue weighted by Gasteiger charge is 2.17. The fourth-order valence-electron chi connectivity index (χ4n) is 1.44. The Bertz CT molecular complexity index is 154. The lowest BCUT2D eigenvalue weighted by molar-refractivity contribution is 0.160. The Labute approximate surface area is 68.8 Å². The summed E-state index contributed by atoms with van der Waals surface area (Å²) in [6, 6.07) is 0.569. The lowest BCUT2D eigenvalue weighted by Crippen LogP contribution is -2.47. The molecule has 0 saturated carbocycles. The van der Waals surface area contributed by atoms with Gasteiger partial charge in [0.15, 0.2) is 0 Å². The molecule has 1 aliphatic heterocycles. The first-order valence-electron chi connectivity index (χ1n) is 4.03. The average molecular weight is 152 g/mol. The molecular formula is C9H16N2. The normalized spacial score (nSPS) is 25.0. The van der Waals surface area contributed by atoms with Gasteiger partial charge in [-0.1, -0.05) is 13.2 Å². The summed E-state index contributed by atoms with van der Waals surface area (Å²) in [5.74, 6) is 0. The maximum absolute atomic E-state index is 3.77. The summed E-state index contributed by atoms with van der Waals surface area (Å²) in [5, 5.41) is 0. The Morgan fingerprint density at radius 1 is 1.27 bits per heavy atom. The zero-order valence-corrected chi connectivity index (χ0v) is 7.16. The first kappa shape index (κ1) is 8.18. The Hall–Kier alpha value is -0.920. The Kier molecular flexibility index (Phi) is 2.58. The van der Waals surface area contributed by atoms with Crippen molar-refractivity contribution in [2.45, 2.75) is 13.0 Å². The summed E-state index contributed by atoms with van der Waals surface area (Å²) in [5.41, 5.74) is 0. The Balaban J connectivity index is 2.46. The molecule has 1 rings (SSSR count).